The minimum absolute atomic E-state index is 0.0686. The van der Waals surface area contributed by atoms with Crippen LogP contribution >= 0.6 is 11.3 Å². The zero-order valence-corrected chi connectivity index (χ0v) is 19.5. The van der Waals surface area contributed by atoms with Gasteiger partial charge in [-0.1, -0.05) is 19.4 Å². The van der Waals surface area contributed by atoms with Crippen molar-refractivity contribution in [1.82, 2.24) is 9.80 Å². The third-order valence-corrected chi connectivity index (χ3v) is 7.28. The van der Waals surface area contributed by atoms with E-state index in [1.807, 2.05) is 4.90 Å². The standard InChI is InChI=1S/C25H33FN2O3S/c1-2-4-20(29)15-27(14-18-7-8-18)16-25(30)28-11-9-24-22(10-12-32-24)23(28)17-31-21-6-3-5-19(26)13-21/h3,5-6,10,12-13,18,20,23,29H,2,4,7-9,11,14-17H2,1H3. The molecule has 2 unspecified atom stereocenters. The second-order valence-corrected chi connectivity index (χ2v) is 10.0. The van der Waals surface area contributed by atoms with Gasteiger partial charge < -0.3 is 14.7 Å². The van der Waals surface area contributed by atoms with E-state index in [1.165, 1.54) is 29.9 Å². The lowest BCUT2D eigenvalue weighted by Crippen LogP contribution is -2.48. The summed E-state index contributed by atoms with van der Waals surface area (Å²) in [6, 6.07) is 8.01. The summed E-state index contributed by atoms with van der Waals surface area (Å²) >= 11 is 1.71. The van der Waals surface area contributed by atoms with Crippen molar-refractivity contribution in [2.45, 2.75) is 51.2 Å². The van der Waals surface area contributed by atoms with Crippen molar-refractivity contribution < 1.29 is 19.0 Å². The summed E-state index contributed by atoms with van der Waals surface area (Å²) in [4.78, 5) is 18.8. The Kier molecular flexibility index (Phi) is 7.81. The van der Waals surface area contributed by atoms with Crippen LogP contribution in [-0.2, 0) is 11.2 Å². The number of ether oxygens (including phenoxy) is 1. The van der Waals surface area contributed by atoms with Crippen molar-refractivity contribution in [3.8, 4) is 5.75 Å². The van der Waals surface area contributed by atoms with Crippen LogP contribution in [-0.4, -0.2) is 59.7 Å². The van der Waals surface area contributed by atoms with E-state index in [4.69, 9.17) is 4.74 Å². The molecule has 1 aliphatic carbocycles. The van der Waals surface area contributed by atoms with Crippen LogP contribution in [0.3, 0.4) is 0 Å². The third kappa shape index (κ3) is 6.09. The molecule has 1 saturated carbocycles. The summed E-state index contributed by atoms with van der Waals surface area (Å²) in [6.45, 7) is 4.73. The van der Waals surface area contributed by atoms with Gasteiger partial charge in [0, 0.05) is 30.6 Å². The first-order chi connectivity index (χ1) is 15.5. The summed E-state index contributed by atoms with van der Waals surface area (Å²) in [5, 5.41) is 12.4. The van der Waals surface area contributed by atoms with Crippen LogP contribution in [0.5, 0.6) is 5.75 Å². The number of aliphatic hydroxyl groups excluding tert-OH is 1. The molecule has 7 heteroatoms. The number of amides is 1. The number of thiophene rings is 1. The molecule has 174 valence electrons. The summed E-state index contributed by atoms with van der Waals surface area (Å²) < 4.78 is 19.5. The highest BCUT2D eigenvalue weighted by Crippen LogP contribution is 2.34. The van der Waals surface area contributed by atoms with Gasteiger partial charge in [0.25, 0.3) is 0 Å². The van der Waals surface area contributed by atoms with Gasteiger partial charge in [-0.15, -0.1) is 11.3 Å². The van der Waals surface area contributed by atoms with E-state index in [0.29, 0.717) is 37.9 Å². The van der Waals surface area contributed by atoms with Gasteiger partial charge in [0.05, 0.1) is 18.7 Å². The van der Waals surface area contributed by atoms with Crippen molar-refractivity contribution >= 4 is 17.2 Å². The molecule has 5 nitrogen and oxygen atoms in total. The Bertz CT molecular complexity index is 901. The van der Waals surface area contributed by atoms with Gasteiger partial charge in [-0.25, -0.2) is 4.39 Å². The van der Waals surface area contributed by atoms with Crippen LogP contribution in [0.4, 0.5) is 4.39 Å². The van der Waals surface area contributed by atoms with Gasteiger partial charge in [-0.05, 0) is 60.7 Å². The van der Waals surface area contributed by atoms with Crippen LogP contribution in [0, 0.1) is 11.7 Å². The zero-order chi connectivity index (χ0) is 22.5. The van der Waals surface area contributed by atoms with Crippen LogP contribution in [0.2, 0.25) is 0 Å². The molecule has 1 N–H and O–H groups in total. The molecule has 1 aromatic heterocycles. The molecule has 1 aliphatic heterocycles. The molecule has 4 rings (SSSR count). The second-order valence-electron chi connectivity index (χ2n) is 9.00. The number of fused-ring (bicyclic) bond motifs is 1. The lowest BCUT2D eigenvalue weighted by Gasteiger charge is -2.37. The SMILES string of the molecule is CCCC(O)CN(CC(=O)N1CCc2sccc2C1COc1cccc(F)c1)CC1CC1. The van der Waals surface area contributed by atoms with E-state index in [-0.39, 0.29) is 17.8 Å². The quantitative estimate of drug-likeness (QED) is 0.544. The van der Waals surface area contributed by atoms with Gasteiger partial charge in [0.2, 0.25) is 5.91 Å². The summed E-state index contributed by atoms with van der Waals surface area (Å²) in [5.74, 6) is 0.849. The minimum atomic E-state index is -0.400. The largest absolute Gasteiger partial charge is 0.491 e. The van der Waals surface area contributed by atoms with E-state index in [1.54, 1.807) is 23.5 Å². The smallest absolute Gasteiger partial charge is 0.237 e. The van der Waals surface area contributed by atoms with Crippen LogP contribution < -0.4 is 4.74 Å². The van der Waals surface area contributed by atoms with E-state index in [0.717, 1.165) is 31.4 Å². The molecular formula is C25H33FN2O3S. The average molecular weight is 461 g/mol. The molecule has 2 atom stereocenters. The fourth-order valence-electron chi connectivity index (χ4n) is 4.48. The predicted octanol–water partition coefficient (Wildman–Crippen LogP) is 4.27. The molecule has 1 amide bonds. The molecular weight excluding hydrogens is 427 g/mol. The normalized spacial score (nSPS) is 19.1. The van der Waals surface area contributed by atoms with E-state index < -0.39 is 6.10 Å². The molecule has 1 fully saturated rings. The van der Waals surface area contributed by atoms with Crippen molar-refractivity contribution in [2.24, 2.45) is 5.92 Å². The Hall–Kier alpha value is -1.96. The highest BCUT2D eigenvalue weighted by atomic mass is 32.1. The highest BCUT2D eigenvalue weighted by molar-refractivity contribution is 7.10. The van der Waals surface area contributed by atoms with Gasteiger partial charge in [-0.2, -0.15) is 0 Å². The second kappa shape index (κ2) is 10.8. The van der Waals surface area contributed by atoms with Crippen molar-refractivity contribution in [3.05, 3.63) is 52.0 Å². The number of hydrogen-bond acceptors (Lipinski definition) is 5. The number of carbonyl (C=O) groups is 1. The first-order valence-electron chi connectivity index (χ1n) is 11.7. The Balaban J connectivity index is 1.45. The van der Waals surface area contributed by atoms with Gasteiger partial charge >= 0.3 is 0 Å². The van der Waals surface area contributed by atoms with E-state index in [9.17, 15) is 14.3 Å². The number of halogens is 1. The molecule has 2 aliphatic rings. The maximum Gasteiger partial charge on any atom is 0.237 e. The lowest BCUT2D eigenvalue weighted by molar-refractivity contribution is -0.136. The number of benzene rings is 1. The van der Waals surface area contributed by atoms with Gasteiger partial charge in [0.1, 0.15) is 18.2 Å². The molecule has 1 aromatic carbocycles. The molecule has 0 radical (unpaired) electrons. The molecule has 32 heavy (non-hydrogen) atoms. The lowest BCUT2D eigenvalue weighted by atomic mass is 10.0. The Morgan fingerprint density at radius 3 is 2.97 bits per heavy atom. The average Bonchev–Trinajstić information content (AvgIpc) is 3.44. The number of hydrogen-bond donors (Lipinski definition) is 1. The summed E-state index contributed by atoms with van der Waals surface area (Å²) in [6.07, 6.45) is 4.54. The van der Waals surface area contributed by atoms with Crippen LogP contribution in [0.1, 0.15) is 49.1 Å². The molecule has 0 saturated heterocycles. The molecule has 2 heterocycles. The maximum atomic E-state index is 13.6. The zero-order valence-electron chi connectivity index (χ0n) is 18.7. The van der Waals surface area contributed by atoms with E-state index in [2.05, 4.69) is 23.3 Å². The first-order valence-corrected chi connectivity index (χ1v) is 12.6. The fraction of sp³-hybridized carbons (Fsp3) is 0.560. The number of nitrogens with zero attached hydrogens (tertiary/aromatic N) is 2. The van der Waals surface area contributed by atoms with E-state index >= 15 is 0 Å². The molecule has 2 aromatic rings. The molecule has 0 spiro atoms. The Labute approximate surface area is 193 Å². The van der Waals surface area contributed by atoms with Crippen molar-refractivity contribution in [1.29, 1.82) is 0 Å². The highest BCUT2D eigenvalue weighted by Gasteiger charge is 2.34. The van der Waals surface area contributed by atoms with Crippen LogP contribution in [0.25, 0.3) is 0 Å². The van der Waals surface area contributed by atoms with Gasteiger partial charge in [0.15, 0.2) is 0 Å². The predicted molar refractivity (Wildman–Crippen MR) is 124 cm³/mol. The summed E-state index contributed by atoms with van der Waals surface area (Å²) in [7, 11) is 0. The third-order valence-electron chi connectivity index (χ3n) is 6.28. The Morgan fingerprint density at radius 2 is 2.22 bits per heavy atom. The fourth-order valence-corrected chi connectivity index (χ4v) is 5.41. The number of rotatable bonds is 11. The first kappa shape index (κ1) is 23.2. The van der Waals surface area contributed by atoms with Crippen molar-refractivity contribution in [3.63, 3.8) is 0 Å². The Morgan fingerprint density at radius 1 is 1.38 bits per heavy atom. The molecule has 0 bridgehead atoms. The van der Waals surface area contributed by atoms with Gasteiger partial charge in [-0.3, -0.25) is 9.69 Å². The monoisotopic (exact) mass is 460 g/mol. The minimum Gasteiger partial charge on any atom is -0.491 e. The summed E-state index contributed by atoms with van der Waals surface area (Å²) in [5.41, 5.74) is 1.13. The number of carbonyl (C=O) groups excluding carboxylic acids is 1. The topological polar surface area (TPSA) is 53.0 Å². The maximum absolute atomic E-state index is 13.6. The van der Waals surface area contributed by atoms with Crippen molar-refractivity contribution in [2.75, 3.05) is 32.8 Å². The number of aliphatic hydroxyl groups is 1. The van der Waals surface area contributed by atoms with Crippen LogP contribution in [0.15, 0.2) is 35.7 Å².